The van der Waals surface area contributed by atoms with Crippen LogP contribution >= 0.6 is 0 Å². The van der Waals surface area contributed by atoms with E-state index in [9.17, 15) is 9.18 Å². The number of hydrogen-bond acceptors (Lipinski definition) is 8. The van der Waals surface area contributed by atoms with Gasteiger partial charge in [0.15, 0.2) is 5.82 Å². The smallest absolute Gasteiger partial charge is 0.273 e. The Morgan fingerprint density at radius 1 is 1.17 bits per heavy atom. The second-order valence-electron chi connectivity index (χ2n) is 8.45. The number of aliphatic hydroxyl groups is 1. The van der Waals surface area contributed by atoms with Crippen LogP contribution in [0, 0.1) is 17.1 Å². The largest absolute Gasteiger partial charge is 0.494 e. The zero-order chi connectivity index (χ0) is 25.2. The maximum atomic E-state index is 14.9. The van der Waals surface area contributed by atoms with E-state index in [4.69, 9.17) is 15.1 Å². The fraction of sp³-hybridized carbons (Fsp3) is 0.280. The van der Waals surface area contributed by atoms with Crippen molar-refractivity contribution in [2.75, 3.05) is 51.3 Å². The van der Waals surface area contributed by atoms with Gasteiger partial charge in [0.1, 0.15) is 22.6 Å². The SMILES string of the molecule is COc1cc(C#N)cc(F)c1-n1nc2c(-c3ccc(N4CCN(CCO)CC4)cc3)n[nH]c2cc1=O. The Balaban J connectivity index is 1.49. The second-order valence-corrected chi connectivity index (χ2v) is 8.45. The lowest BCUT2D eigenvalue weighted by Crippen LogP contribution is -2.47. The Morgan fingerprint density at radius 3 is 2.58 bits per heavy atom. The summed E-state index contributed by atoms with van der Waals surface area (Å²) in [5, 5.41) is 29.9. The van der Waals surface area contributed by atoms with Crippen molar-refractivity contribution in [3.8, 4) is 28.8 Å². The minimum absolute atomic E-state index is 0.0222. The highest BCUT2D eigenvalue weighted by Gasteiger charge is 2.20. The quantitative estimate of drug-likeness (QED) is 0.421. The standard InChI is InChI=1S/C25H24FN7O3/c1-36-21-13-16(15-27)12-19(26)25(21)33-22(35)14-20-24(30-33)23(29-28-20)17-2-4-18(5-3-17)32-8-6-31(7-9-32)10-11-34/h2-5,12-14,28,34H,6-11H2,1H3. The van der Waals surface area contributed by atoms with Gasteiger partial charge in [-0.3, -0.25) is 14.8 Å². The van der Waals surface area contributed by atoms with Crippen LogP contribution in [0.5, 0.6) is 5.75 Å². The summed E-state index contributed by atoms with van der Waals surface area (Å²) >= 11 is 0. The first-order chi connectivity index (χ1) is 17.5. The number of aromatic amines is 1. The van der Waals surface area contributed by atoms with Crippen LogP contribution in [0.3, 0.4) is 0 Å². The van der Waals surface area contributed by atoms with E-state index in [0.29, 0.717) is 23.3 Å². The number of methoxy groups -OCH3 is 1. The predicted octanol–water partition coefficient (Wildman–Crippen LogP) is 1.91. The van der Waals surface area contributed by atoms with Gasteiger partial charge < -0.3 is 14.7 Å². The number of aliphatic hydroxyl groups excluding tert-OH is 1. The van der Waals surface area contributed by atoms with Gasteiger partial charge in [-0.15, -0.1) is 0 Å². The number of hydrogen-bond donors (Lipinski definition) is 2. The van der Waals surface area contributed by atoms with Gasteiger partial charge in [0.05, 0.1) is 30.9 Å². The van der Waals surface area contributed by atoms with Crippen LogP contribution in [0.2, 0.25) is 0 Å². The summed E-state index contributed by atoms with van der Waals surface area (Å²) in [5.41, 5.74) is 2.52. The molecule has 5 rings (SSSR count). The molecule has 1 aliphatic rings. The van der Waals surface area contributed by atoms with E-state index >= 15 is 0 Å². The average molecular weight is 490 g/mol. The molecule has 36 heavy (non-hydrogen) atoms. The number of β-amino-alcohol motifs (C(OH)–C–C–N with tert-alkyl or cyclic N) is 1. The molecule has 0 amide bonds. The third-order valence-electron chi connectivity index (χ3n) is 6.33. The zero-order valence-electron chi connectivity index (χ0n) is 19.6. The Hall–Kier alpha value is -4.27. The lowest BCUT2D eigenvalue weighted by atomic mass is 10.1. The van der Waals surface area contributed by atoms with Gasteiger partial charge in [-0.05, 0) is 18.2 Å². The van der Waals surface area contributed by atoms with Gasteiger partial charge in [0.25, 0.3) is 5.56 Å². The van der Waals surface area contributed by atoms with Gasteiger partial charge in [-0.2, -0.15) is 20.1 Å². The first kappa shape index (κ1) is 23.5. The number of H-pyrrole nitrogens is 1. The van der Waals surface area contributed by atoms with Crippen molar-refractivity contribution in [2.24, 2.45) is 0 Å². The summed E-state index contributed by atoms with van der Waals surface area (Å²) in [6.07, 6.45) is 0. The molecular weight excluding hydrogens is 465 g/mol. The first-order valence-electron chi connectivity index (χ1n) is 11.5. The van der Waals surface area contributed by atoms with Crippen LogP contribution in [0.25, 0.3) is 28.0 Å². The molecule has 11 heteroatoms. The summed E-state index contributed by atoms with van der Waals surface area (Å²) < 4.78 is 21.1. The highest BCUT2D eigenvalue weighted by Crippen LogP contribution is 2.29. The molecule has 10 nitrogen and oxygen atoms in total. The number of rotatable bonds is 6. The third-order valence-corrected chi connectivity index (χ3v) is 6.33. The molecule has 0 bridgehead atoms. The number of nitrogens with one attached hydrogen (secondary N) is 1. The molecule has 0 spiro atoms. The molecule has 1 aliphatic heterocycles. The minimum Gasteiger partial charge on any atom is -0.494 e. The molecule has 0 saturated carbocycles. The molecule has 4 aromatic rings. The van der Waals surface area contributed by atoms with E-state index in [1.165, 1.54) is 19.2 Å². The number of piperazine rings is 1. The average Bonchev–Trinajstić information content (AvgIpc) is 3.31. The van der Waals surface area contributed by atoms with Gasteiger partial charge >= 0.3 is 0 Å². The molecule has 0 unspecified atom stereocenters. The molecule has 0 atom stereocenters. The maximum absolute atomic E-state index is 14.9. The van der Waals surface area contributed by atoms with Crippen LogP contribution in [-0.2, 0) is 0 Å². The van der Waals surface area contributed by atoms with Gasteiger partial charge in [-0.25, -0.2) is 4.39 Å². The highest BCUT2D eigenvalue weighted by molar-refractivity contribution is 5.89. The van der Waals surface area contributed by atoms with Gasteiger partial charge in [-0.1, -0.05) is 12.1 Å². The van der Waals surface area contributed by atoms with Crippen molar-refractivity contribution in [3.05, 3.63) is 64.2 Å². The Kier molecular flexibility index (Phi) is 6.37. The number of aromatic nitrogens is 4. The molecule has 2 aromatic heterocycles. The topological polar surface area (TPSA) is 123 Å². The van der Waals surface area contributed by atoms with E-state index in [2.05, 4.69) is 25.1 Å². The van der Waals surface area contributed by atoms with E-state index in [-0.39, 0.29) is 23.6 Å². The maximum Gasteiger partial charge on any atom is 0.273 e. The number of benzene rings is 2. The van der Waals surface area contributed by atoms with Crippen molar-refractivity contribution >= 4 is 16.7 Å². The summed E-state index contributed by atoms with van der Waals surface area (Å²) in [4.78, 5) is 17.3. The minimum atomic E-state index is -0.798. The van der Waals surface area contributed by atoms with Crippen molar-refractivity contribution in [3.63, 3.8) is 0 Å². The highest BCUT2D eigenvalue weighted by atomic mass is 19.1. The van der Waals surface area contributed by atoms with Crippen molar-refractivity contribution < 1.29 is 14.2 Å². The number of nitrogens with zero attached hydrogens (tertiary/aromatic N) is 6. The summed E-state index contributed by atoms with van der Waals surface area (Å²) in [6, 6.07) is 13.5. The van der Waals surface area contributed by atoms with Gasteiger partial charge in [0.2, 0.25) is 0 Å². The molecule has 2 N–H and O–H groups in total. The van der Waals surface area contributed by atoms with Crippen molar-refractivity contribution in [1.82, 2.24) is 24.9 Å². The fourth-order valence-electron chi connectivity index (χ4n) is 4.45. The summed E-state index contributed by atoms with van der Waals surface area (Å²) in [7, 11) is 1.33. The number of halogens is 1. The molecule has 2 aromatic carbocycles. The predicted molar refractivity (Wildman–Crippen MR) is 132 cm³/mol. The first-order valence-corrected chi connectivity index (χ1v) is 11.5. The number of fused-ring (bicyclic) bond motifs is 1. The Morgan fingerprint density at radius 2 is 1.92 bits per heavy atom. The number of nitriles is 1. The van der Waals surface area contributed by atoms with Crippen LogP contribution in [0.15, 0.2) is 47.3 Å². The van der Waals surface area contributed by atoms with Gasteiger partial charge in [0, 0.05) is 56.1 Å². The van der Waals surface area contributed by atoms with Crippen LogP contribution in [0.4, 0.5) is 10.1 Å². The van der Waals surface area contributed by atoms with Crippen LogP contribution < -0.4 is 15.2 Å². The molecule has 1 saturated heterocycles. The lowest BCUT2D eigenvalue weighted by Gasteiger charge is -2.35. The monoisotopic (exact) mass is 489 g/mol. The molecule has 3 heterocycles. The normalized spacial score (nSPS) is 14.2. The van der Waals surface area contributed by atoms with E-state index in [1.54, 1.807) is 0 Å². The van der Waals surface area contributed by atoms with E-state index in [0.717, 1.165) is 48.2 Å². The summed E-state index contributed by atoms with van der Waals surface area (Å²) in [6.45, 7) is 4.38. The van der Waals surface area contributed by atoms with E-state index < -0.39 is 11.4 Å². The summed E-state index contributed by atoms with van der Waals surface area (Å²) in [5.74, 6) is -0.776. The Labute approximate surface area is 205 Å². The molecule has 0 aliphatic carbocycles. The molecule has 0 radical (unpaired) electrons. The molecule has 1 fully saturated rings. The Bertz CT molecular complexity index is 1500. The second kappa shape index (κ2) is 9.77. The van der Waals surface area contributed by atoms with Crippen LogP contribution in [-0.4, -0.2) is 76.4 Å². The van der Waals surface area contributed by atoms with Crippen LogP contribution in [0.1, 0.15) is 5.56 Å². The van der Waals surface area contributed by atoms with Crippen molar-refractivity contribution in [1.29, 1.82) is 5.26 Å². The zero-order valence-corrected chi connectivity index (χ0v) is 19.6. The fourth-order valence-corrected chi connectivity index (χ4v) is 4.45. The van der Waals surface area contributed by atoms with E-state index in [1.807, 2.05) is 30.3 Å². The third kappa shape index (κ3) is 4.28. The number of ether oxygens (including phenoxy) is 1. The number of anilines is 1. The molecular formula is C25H24FN7O3. The molecule has 184 valence electrons. The lowest BCUT2D eigenvalue weighted by molar-refractivity contribution is 0.189. The van der Waals surface area contributed by atoms with Crippen molar-refractivity contribution in [2.45, 2.75) is 0 Å².